The fraction of sp³-hybridized carbons (Fsp3) is 0.310. The fourth-order valence-corrected chi connectivity index (χ4v) is 40.3. The molecule has 0 saturated carbocycles. The Morgan fingerprint density at radius 2 is 0.851 bits per heavy atom. The molecular weight excluding hydrogens is 1110 g/mol. The number of hydrogen-bond acceptors (Lipinski definition) is 0. The first-order valence-corrected chi connectivity index (χ1v) is 36.0. The summed E-state index contributed by atoms with van der Waals surface area (Å²) in [5.74, 6) is 0. The van der Waals surface area contributed by atoms with Crippen LogP contribution in [0.4, 0.5) is 52.7 Å². The molecule has 2 aliphatic carbocycles. The molecule has 0 amide bonds. The van der Waals surface area contributed by atoms with Gasteiger partial charge in [0.2, 0.25) is 0 Å². The average molecular weight is 1170 g/mol. The Morgan fingerprint density at radius 3 is 1.22 bits per heavy atom. The van der Waals surface area contributed by atoms with Crippen LogP contribution >= 0.6 is 17.0 Å². The summed E-state index contributed by atoms with van der Waals surface area (Å²) in [5, 5.41) is 2.08. The summed E-state index contributed by atoms with van der Waals surface area (Å²) in [6, 6.07) is 24.0. The number of allylic oxidation sites excluding steroid dienone is 2. The molecule has 0 nitrogen and oxygen atoms in total. The van der Waals surface area contributed by atoms with Crippen LogP contribution in [-0.2, 0) is 53.9 Å². The Morgan fingerprint density at radius 1 is 0.473 bits per heavy atom. The Labute approximate surface area is 432 Å². The number of alkyl halides is 12. The SMILES string of the molecule is CCc1ccc2c(c1-c1cc(C(F)(F)F)cc(C(F)(F)F)c1)C=C(C(C)(C)C)[CH]2[Zr]([Cl])([Cl])([c]1cccc2c1[SiH2]c1ccccc1-2)[CH]1C(C(C)(C)C)=Cc2c1ccc(CC)c2-c1cc(C(F)(F)F)cc(C(F)(F)F)c1. The topological polar surface area (TPSA) is 0 Å². The van der Waals surface area contributed by atoms with Crippen LogP contribution in [0.25, 0.3) is 45.5 Å². The average Bonchev–Trinajstić information content (AvgIpc) is 4.03. The summed E-state index contributed by atoms with van der Waals surface area (Å²) in [7, 11) is 17.1. The summed E-state index contributed by atoms with van der Waals surface area (Å²) in [5.41, 5.74) is -1.90. The van der Waals surface area contributed by atoms with Crippen LogP contribution in [0.15, 0.2) is 114 Å². The first-order valence-electron chi connectivity index (χ1n) is 24.2. The van der Waals surface area contributed by atoms with E-state index in [1.165, 1.54) is 0 Å². The van der Waals surface area contributed by atoms with E-state index in [2.05, 4.69) is 6.07 Å². The van der Waals surface area contributed by atoms with Crippen molar-refractivity contribution in [1.29, 1.82) is 0 Å². The van der Waals surface area contributed by atoms with E-state index in [-0.39, 0.29) is 47.2 Å². The molecule has 9 rings (SSSR count). The van der Waals surface area contributed by atoms with Crippen molar-refractivity contribution in [3.05, 3.63) is 170 Å². The zero-order valence-electron chi connectivity index (χ0n) is 41.5. The monoisotopic (exact) mass is 1160 g/mol. The third-order valence-electron chi connectivity index (χ3n) is 15.2. The number of hydrogen-bond donors (Lipinski definition) is 0. The molecule has 16 heteroatoms. The van der Waals surface area contributed by atoms with E-state index in [1.807, 2.05) is 102 Å². The second-order valence-electron chi connectivity index (χ2n) is 21.9. The van der Waals surface area contributed by atoms with Gasteiger partial charge in [0.15, 0.2) is 0 Å². The van der Waals surface area contributed by atoms with Gasteiger partial charge in [-0.05, 0) is 0 Å². The summed E-state index contributed by atoms with van der Waals surface area (Å²) in [6.07, 6.45) is -16.5. The number of aryl methyl sites for hydroxylation is 2. The van der Waals surface area contributed by atoms with E-state index in [1.54, 1.807) is 26.0 Å². The molecule has 0 bridgehead atoms. The fourth-order valence-electron chi connectivity index (χ4n) is 12.0. The van der Waals surface area contributed by atoms with E-state index >= 15 is 0 Å². The van der Waals surface area contributed by atoms with Gasteiger partial charge in [-0.15, -0.1) is 0 Å². The minimum absolute atomic E-state index is 0.1000. The number of rotatable bonds is 7. The van der Waals surface area contributed by atoms with Crippen molar-refractivity contribution in [1.82, 2.24) is 0 Å². The van der Waals surface area contributed by atoms with Gasteiger partial charge in [0.05, 0.1) is 0 Å². The molecule has 0 radical (unpaired) electrons. The summed E-state index contributed by atoms with van der Waals surface area (Å²) >= 11 is -6.71. The molecule has 0 saturated heterocycles. The summed E-state index contributed by atoms with van der Waals surface area (Å²) < 4.78 is 174. The second kappa shape index (κ2) is 17.8. The molecule has 0 fully saturated rings. The van der Waals surface area contributed by atoms with E-state index < -0.39 is 91.0 Å². The van der Waals surface area contributed by atoms with Gasteiger partial charge < -0.3 is 0 Å². The van der Waals surface area contributed by atoms with Gasteiger partial charge in [0.25, 0.3) is 0 Å². The van der Waals surface area contributed by atoms with Gasteiger partial charge in [-0.3, -0.25) is 0 Å². The molecule has 6 aromatic rings. The summed E-state index contributed by atoms with van der Waals surface area (Å²) in [6.45, 7) is 15.1. The van der Waals surface area contributed by atoms with Crippen molar-refractivity contribution in [2.24, 2.45) is 10.8 Å². The number of halogens is 14. The molecule has 6 aromatic carbocycles. The molecule has 2 unspecified atom stereocenters. The van der Waals surface area contributed by atoms with E-state index in [9.17, 15) is 69.7 Å². The molecule has 389 valence electrons. The molecule has 0 aromatic heterocycles. The molecule has 3 aliphatic rings. The molecule has 74 heavy (non-hydrogen) atoms. The predicted octanol–water partition coefficient (Wildman–Crippen LogP) is 17.3. The van der Waals surface area contributed by atoms with Crippen LogP contribution in [0, 0.1) is 10.8 Å². The van der Waals surface area contributed by atoms with Gasteiger partial charge in [-0.25, -0.2) is 0 Å². The molecule has 1 heterocycles. The quantitative estimate of drug-likeness (QED) is 0.110. The Balaban J connectivity index is 1.44. The molecule has 0 N–H and O–H groups in total. The van der Waals surface area contributed by atoms with Gasteiger partial charge in [0, 0.05) is 0 Å². The minimum atomic E-state index is -6.71. The number of benzene rings is 6. The van der Waals surface area contributed by atoms with Crippen LogP contribution < -0.4 is 13.6 Å². The first kappa shape index (κ1) is 54.4. The third kappa shape index (κ3) is 9.00. The third-order valence-corrected chi connectivity index (χ3v) is 37.7. The van der Waals surface area contributed by atoms with Crippen molar-refractivity contribution in [2.45, 2.75) is 100 Å². The van der Waals surface area contributed by atoms with Gasteiger partial charge in [-0.2, -0.15) is 0 Å². The van der Waals surface area contributed by atoms with E-state index in [0.29, 0.717) is 47.8 Å². The van der Waals surface area contributed by atoms with Gasteiger partial charge in [0.1, 0.15) is 0 Å². The molecule has 2 atom stereocenters. The van der Waals surface area contributed by atoms with E-state index in [4.69, 9.17) is 0 Å². The number of fused-ring (bicyclic) bond motifs is 5. The Hall–Kier alpha value is -4.36. The van der Waals surface area contributed by atoms with Crippen LogP contribution in [0.2, 0.25) is 0 Å². The van der Waals surface area contributed by atoms with Crippen LogP contribution in [0.5, 0.6) is 0 Å². The van der Waals surface area contributed by atoms with Gasteiger partial charge >= 0.3 is 436 Å². The van der Waals surface area contributed by atoms with Crippen molar-refractivity contribution in [3.8, 4) is 33.4 Å². The Kier molecular flexibility index (Phi) is 13.1. The zero-order valence-corrected chi connectivity index (χ0v) is 46.9. The predicted molar refractivity (Wildman–Crippen MR) is 274 cm³/mol. The van der Waals surface area contributed by atoms with Gasteiger partial charge in [-0.1, -0.05) is 0 Å². The van der Waals surface area contributed by atoms with Crippen molar-refractivity contribution < 1.29 is 69.1 Å². The normalized spacial score (nSPS) is 17.9. The standard InChI is InChI=1S/2C23H21F6.C12H9Si.2ClH.Zr/c2*1-5-13-6-7-14-8-16(21(2,3)4)12-19(14)20(13)15-9-17(22(24,25)26)11-18(10-15)23(27,28)29;1-3-7-11-9(5-1)10-6-2-4-8-12(10)13-11;;;/h2*6-12H,5H2,1-4H3;1-7H,13H2;2*1H;/q;;;;;+2/p-2. The van der Waals surface area contributed by atoms with Crippen molar-refractivity contribution in [2.75, 3.05) is 0 Å². The maximum absolute atomic E-state index is 14.6. The summed E-state index contributed by atoms with van der Waals surface area (Å²) in [4.78, 5) is 0. The zero-order chi connectivity index (χ0) is 54.3. The molecule has 1 aliphatic heterocycles. The van der Waals surface area contributed by atoms with Crippen LogP contribution in [0.3, 0.4) is 0 Å². The molecular formula is C58H51Cl2F12SiZr. The molecule has 0 spiro atoms. The Bertz CT molecular complexity index is 3130. The first-order chi connectivity index (χ1) is 34.1. The van der Waals surface area contributed by atoms with Crippen LogP contribution in [0.1, 0.15) is 118 Å². The van der Waals surface area contributed by atoms with Crippen LogP contribution in [-0.4, -0.2) is 9.52 Å². The second-order valence-corrected chi connectivity index (χ2v) is 44.3. The van der Waals surface area contributed by atoms with Crippen molar-refractivity contribution >= 4 is 52.3 Å². The van der Waals surface area contributed by atoms with Crippen molar-refractivity contribution in [3.63, 3.8) is 0 Å². The van der Waals surface area contributed by atoms with E-state index in [0.717, 1.165) is 45.8 Å². The maximum atomic E-state index is 14.6.